The van der Waals surface area contributed by atoms with Gasteiger partial charge in [0.2, 0.25) is 0 Å². The molecule has 4 rings (SSSR count). The lowest BCUT2D eigenvalue weighted by molar-refractivity contribution is 0.0103. The molecule has 3 heterocycles. The number of hydrogen-bond acceptors (Lipinski definition) is 3. The molecule has 19 heavy (non-hydrogen) atoms. The Balaban J connectivity index is 1.79. The summed E-state index contributed by atoms with van der Waals surface area (Å²) in [6, 6.07) is 6.35. The van der Waals surface area contributed by atoms with Crippen molar-refractivity contribution in [3.63, 3.8) is 0 Å². The number of ketones is 1. The van der Waals surface area contributed by atoms with Crippen LogP contribution in [0.2, 0.25) is 0 Å². The van der Waals surface area contributed by atoms with Crippen molar-refractivity contribution < 1.29 is 9.53 Å². The second-order valence-corrected chi connectivity index (χ2v) is 6.03. The van der Waals surface area contributed by atoms with Gasteiger partial charge in [-0.25, -0.2) is 0 Å². The Hall–Kier alpha value is -1.35. The van der Waals surface area contributed by atoms with E-state index in [1.165, 1.54) is 6.42 Å². The molecule has 100 valence electrons. The second kappa shape index (κ2) is 4.07. The van der Waals surface area contributed by atoms with Crippen LogP contribution in [-0.2, 0) is 0 Å². The Morgan fingerprint density at radius 1 is 1.26 bits per heavy atom. The van der Waals surface area contributed by atoms with Gasteiger partial charge in [0.25, 0.3) is 0 Å². The zero-order chi connectivity index (χ0) is 13.0. The Bertz CT molecular complexity index is 540. The predicted molar refractivity (Wildman–Crippen MR) is 72.6 cm³/mol. The van der Waals surface area contributed by atoms with Crippen LogP contribution < -0.4 is 4.74 Å². The molecular formula is C16H19NO2. The van der Waals surface area contributed by atoms with Gasteiger partial charge in [0.1, 0.15) is 11.9 Å². The van der Waals surface area contributed by atoms with Crippen LogP contribution >= 0.6 is 0 Å². The van der Waals surface area contributed by atoms with Crippen LogP contribution in [0.4, 0.5) is 0 Å². The number of rotatable bonds is 0. The molecule has 3 aliphatic heterocycles. The molecule has 0 saturated carbocycles. The molecule has 1 aromatic rings. The topological polar surface area (TPSA) is 29.5 Å². The van der Waals surface area contributed by atoms with E-state index in [0.717, 1.165) is 42.8 Å². The van der Waals surface area contributed by atoms with Crippen molar-refractivity contribution in [3.05, 3.63) is 29.3 Å². The van der Waals surface area contributed by atoms with Gasteiger partial charge < -0.3 is 4.74 Å². The Morgan fingerprint density at radius 3 is 3.05 bits per heavy atom. The van der Waals surface area contributed by atoms with Crippen LogP contribution in [0.5, 0.6) is 5.75 Å². The number of Topliss-reactive ketones (excluding diaryl/α,β-unsaturated/α-hetero) is 1. The number of carbonyl (C=O) groups is 1. The average Bonchev–Trinajstić information content (AvgIpc) is 2.86. The van der Waals surface area contributed by atoms with E-state index in [1.54, 1.807) is 0 Å². The van der Waals surface area contributed by atoms with Gasteiger partial charge in [0, 0.05) is 12.6 Å². The molecule has 0 radical (unpaired) electrons. The van der Waals surface area contributed by atoms with Gasteiger partial charge in [-0.2, -0.15) is 0 Å². The fraction of sp³-hybridized carbons (Fsp3) is 0.562. The van der Waals surface area contributed by atoms with Gasteiger partial charge in [-0.05, 0) is 44.4 Å². The maximum absolute atomic E-state index is 12.9. The van der Waals surface area contributed by atoms with E-state index in [2.05, 4.69) is 4.90 Å². The zero-order valence-electron chi connectivity index (χ0n) is 11.3. The second-order valence-electron chi connectivity index (χ2n) is 6.03. The molecule has 1 aromatic carbocycles. The van der Waals surface area contributed by atoms with Crippen molar-refractivity contribution in [2.75, 3.05) is 13.1 Å². The van der Waals surface area contributed by atoms with E-state index in [9.17, 15) is 4.79 Å². The van der Waals surface area contributed by atoms with Crippen molar-refractivity contribution in [3.8, 4) is 5.75 Å². The lowest BCUT2D eigenvalue weighted by atomic mass is 9.78. The van der Waals surface area contributed by atoms with Gasteiger partial charge in [0.05, 0.1) is 11.5 Å². The molecule has 2 saturated heterocycles. The summed E-state index contributed by atoms with van der Waals surface area (Å²) in [4.78, 5) is 15.4. The summed E-state index contributed by atoms with van der Waals surface area (Å²) in [5.41, 5.74) is 1.88. The number of ether oxygens (including phenoxy) is 1. The third-order valence-electron chi connectivity index (χ3n) is 4.99. The molecule has 0 bridgehead atoms. The standard InChI is InChI=1S/C16H19NO2/c1-10-4-2-6-12-14(10)16(18)15-11-5-3-8-17(11)9-7-13(15)19-12/h2,4,6,11,13,15H,3,5,7-9H2,1H3/t11-,13?,15-/m1/s1. The van der Waals surface area contributed by atoms with E-state index < -0.39 is 0 Å². The van der Waals surface area contributed by atoms with E-state index in [0.29, 0.717) is 11.8 Å². The first-order valence-electron chi connectivity index (χ1n) is 7.30. The minimum Gasteiger partial charge on any atom is -0.489 e. The minimum atomic E-state index is 0.0600. The highest BCUT2D eigenvalue weighted by Gasteiger charge is 2.48. The van der Waals surface area contributed by atoms with Crippen molar-refractivity contribution in [1.29, 1.82) is 0 Å². The molecular weight excluding hydrogens is 238 g/mol. The van der Waals surface area contributed by atoms with Crippen LogP contribution in [0.3, 0.4) is 0 Å². The lowest BCUT2D eigenvalue weighted by Gasteiger charge is -2.44. The number of aryl methyl sites for hydroxylation is 1. The van der Waals surface area contributed by atoms with Crippen molar-refractivity contribution >= 4 is 5.78 Å². The van der Waals surface area contributed by atoms with Crippen LogP contribution in [0.25, 0.3) is 0 Å². The quantitative estimate of drug-likeness (QED) is 0.715. The minimum absolute atomic E-state index is 0.0600. The molecule has 3 heteroatoms. The molecule has 0 spiro atoms. The highest BCUT2D eigenvalue weighted by atomic mass is 16.5. The summed E-state index contributed by atoms with van der Waals surface area (Å²) in [5.74, 6) is 1.18. The maximum atomic E-state index is 12.9. The van der Waals surface area contributed by atoms with Crippen LogP contribution in [0, 0.1) is 12.8 Å². The Labute approximate surface area is 113 Å². The molecule has 3 nitrogen and oxygen atoms in total. The fourth-order valence-electron chi connectivity index (χ4n) is 4.12. The summed E-state index contributed by atoms with van der Waals surface area (Å²) in [6.07, 6.45) is 3.46. The van der Waals surface area contributed by atoms with Crippen molar-refractivity contribution in [2.24, 2.45) is 5.92 Å². The first-order valence-corrected chi connectivity index (χ1v) is 7.30. The SMILES string of the molecule is Cc1cccc2c1C(=O)[C@H]1C(CCN3CCC[C@H]13)O2. The normalized spacial score (nSPS) is 33.3. The molecule has 3 atom stereocenters. The van der Waals surface area contributed by atoms with E-state index in [4.69, 9.17) is 4.74 Å². The molecule has 0 N–H and O–H groups in total. The summed E-state index contributed by atoms with van der Waals surface area (Å²) < 4.78 is 6.15. The van der Waals surface area contributed by atoms with Gasteiger partial charge in [-0.15, -0.1) is 0 Å². The molecule has 1 unspecified atom stereocenters. The largest absolute Gasteiger partial charge is 0.489 e. The molecule has 0 amide bonds. The van der Waals surface area contributed by atoms with E-state index >= 15 is 0 Å². The van der Waals surface area contributed by atoms with Gasteiger partial charge in [0.15, 0.2) is 5.78 Å². The highest BCUT2D eigenvalue weighted by Crippen LogP contribution is 2.41. The number of hydrogen-bond donors (Lipinski definition) is 0. The molecule has 0 aromatic heterocycles. The predicted octanol–water partition coefficient (Wildman–Crippen LogP) is 2.42. The molecule has 0 aliphatic carbocycles. The highest BCUT2D eigenvalue weighted by molar-refractivity contribution is 6.03. The fourth-order valence-corrected chi connectivity index (χ4v) is 4.12. The molecule has 2 fully saturated rings. The van der Waals surface area contributed by atoms with E-state index in [-0.39, 0.29) is 12.0 Å². The Kier molecular flexibility index (Phi) is 2.46. The van der Waals surface area contributed by atoms with Crippen LogP contribution in [0.15, 0.2) is 18.2 Å². The van der Waals surface area contributed by atoms with Crippen molar-refractivity contribution in [1.82, 2.24) is 4.90 Å². The Morgan fingerprint density at radius 2 is 2.16 bits per heavy atom. The lowest BCUT2D eigenvalue weighted by Crippen LogP contribution is -2.54. The monoisotopic (exact) mass is 257 g/mol. The maximum Gasteiger partial charge on any atom is 0.175 e. The van der Waals surface area contributed by atoms with E-state index in [1.807, 2.05) is 25.1 Å². The van der Waals surface area contributed by atoms with Gasteiger partial charge >= 0.3 is 0 Å². The van der Waals surface area contributed by atoms with Crippen LogP contribution in [-0.4, -0.2) is 35.9 Å². The molecule has 3 aliphatic rings. The summed E-state index contributed by atoms with van der Waals surface area (Å²) >= 11 is 0. The van der Waals surface area contributed by atoms with Crippen LogP contribution in [0.1, 0.15) is 35.2 Å². The number of benzene rings is 1. The number of piperidine rings is 1. The number of nitrogens with zero attached hydrogens (tertiary/aromatic N) is 1. The summed E-state index contributed by atoms with van der Waals surface area (Å²) in [6.45, 7) is 4.25. The summed E-state index contributed by atoms with van der Waals surface area (Å²) in [5, 5.41) is 0. The van der Waals surface area contributed by atoms with Gasteiger partial charge in [-0.3, -0.25) is 9.69 Å². The summed E-state index contributed by atoms with van der Waals surface area (Å²) in [7, 11) is 0. The average molecular weight is 257 g/mol. The zero-order valence-corrected chi connectivity index (χ0v) is 11.3. The first-order chi connectivity index (χ1) is 9.25. The van der Waals surface area contributed by atoms with Gasteiger partial charge in [-0.1, -0.05) is 12.1 Å². The number of carbonyl (C=O) groups excluding carboxylic acids is 1. The third-order valence-corrected chi connectivity index (χ3v) is 4.99. The third kappa shape index (κ3) is 1.57. The van der Waals surface area contributed by atoms with Crippen molar-refractivity contribution in [2.45, 2.75) is 38.3 Å². The number of fused-ring (bicyclic) bond motifs is 4. The first kappa shape index (κ1) is 11.5. The smallest absolute Gasteiger partial charge is 0.175 e.